The summed E-state index contributed by atoms with van der Waals surface area (Å²) in [4.78, 5) is 12.8. The van der Waals surface area contributed by atoms with Gasteiger partial charge in [-0.25, -0.2) is 12.7 Å². The summed E-state index contributed by atoms with van der Waals surface area (Å²) in [5.74, 6) is -0.234. The minimum absolute atomic E-state index is 0.0646. The molecule has 146 valence electrons. The van der Waals surface area contributed by atoms with E-state index in [9.17, 15) is 13.2 Å². The molecule has 1 N–H and O–H groups in total. The molecule has 0 spiro atoms. The Morgan fingerprint density at radius 1 is 1.11 bits per heavy atom. The smallest absolute Gasteiger partial charge is 0.253 e. The van der Waals surface area contributed by atoms with Crippen LogP contribution in [0.1, 0.15) is 34.6 Å². The summed E-state index contributed by atoms with van der Waals surface area (Å²) >= 11 is 6.28. The number of halogens is 1. The van der Waals surface area contributed by atoms with Crippen LogP contribution in [0.2, 0.25) is 5.02 Å². The first-order valence-electron chi connectivity index (χ1n) is 8.87. The van der Waals surface area contributed by atoms with E-state index < -0.39 is 10.0 Å². The topological polar surface area (TPSA) is 71.4 Å². The quantitative estimate of drug-likeness (QED) is 0.843. The molecule has 0 saturated carbocycles. The number of aromatic nitrogens is 1. The highest BCUT2D eigenvalue weighted by atomic mass is 35.5. The van der Waals surface area contributed by atoms with Crippen molar-refractivity contribution in [2.45, 2.75) is 32.7 Å². The molecule has 3 rings (SSSR count). The van der Waals surface area contributed by atoms with E-state index >= 15 is 0 Å². The summed E-state index contributed by atoms with van der Waals surface area (Å²) in [5.41, 5.74) is 3.47. The fourth-order valence-corrected chi connectivity index (χ4v) is 4.57. The lowest BCUT2D eigenvalue weighted by Crippen LogP contribution is -2.46. The molecule has 6 nitrogen and oxygen atoms in total. The van der Waals surface area contributed by atoms with Gasteiger partial charge in [-0.05, 0) is 57.0 Å². The molecule has 0 radical (unpaired) electrons. The number of nitrogens with zero attached hydrogens (tertiary/aromatic N) is 2. The second-order valence-corrected chi connectivity index (χ2v) is 9.42. The normalized spacial score (nSPS) is 16.4. The molecule has 1 saturated heterocycles. The lowest BCUT2D eigenvalue weighted by molar-refractivity contribution is 0.0924. The molecule has 1 aromatic heterocycles. The third-order valence-corrected chi connectivity index (χ3v) is 6.61. The van der Waals surface area contributed by atoms with Gasteiger partial charge in [0, 0.05) is 36.2 Å². The van der Waals surface area contributed by atoms with E-state index in [1.54, 1.807) is 12.1 Å². The zero-order valence-corrected chi connectivity index (χ0v) is 17.3. The number of hydrogen-bond acceptors (Lipinski definition) is 3. The number of carbonyl (C=O) groups excluding carboxylic acids is 1. The van der Waals surface area contributed by atoms with E-state index in [-0.39, 0.29) is 11.9 Å². The van der Waals surface area contributed by atoms with Crippen LogP contribution in [0, 0.1) is 13.8 Å². The van der Waals surface area contributed by atoms with Crippen LogP contribution in [0.5, 0.6) is 0 Å². The third kappa shape index (κ3) is 4.36. The summed E-state index contributed by atoms with van der Waals surface area (Å²) in [5, 5.41) is 3.39. The van der Waals surface area contributed by atoms with E-state index in [4.69, 9.17) is 11.6 Å². The average Bonchev–Trinajstić information content (AvgIpc) is 2.94. The minimum atomic E-state index is -3.18. The molecule has 8 heteroatoms. The molecule has 0 unspecified atom stereocenters. The Labute approximate surface area is 165 Å². The molecule has 1 amide bonds. The van der Waals surface area contributed by atoms with Crippen molar-refractivity contribution in [3.8, 4) is 5.69 Å². The highest BCUT2D eigenvalue weighted by molar-refractivity contribution is 7.88. The largest absolute Gasteiger partial charge is 0.349 e. The Balaban J connectivity index is 1.75. The van der Waals surface area contributed by atoms with Crippen molar-refractivity contribution in [3.63, 3.8) is 0 Å². The molecule has 27 heavy (non-hydrogen) atoms. The first-order chi connectivity index (χ1) is 12.7. The summed E-state index contributed by atoms with van der Waals surface area (Å²) in [6.07, 6.45) is 2.39. The number of aryl methyl sites for hydroxylation is 2. The predicted octanol–water partition coefficient (Wildman–Crippen LogP) is 2.90. The summed E-state index contributed by atoms with van der Waals surface area (Å²) in [6.45, 7) is 4.85. The van der Waals surface area contributed by atoms with Crippen molar-refractivity contribution < 1.29 is 13.2 Å². The van der Waals surface area contributed by atoms with Gasteiger partial charge in [0.05, 0.1) is 16.8 Å². The van der Waals surface area contributed by atoms with Gasteiger partial charge in [-0.1, -0.05) is 11.6 Å². The van der Waals surface area contributed by atoms with E-state index in [0.717, 1.165) is 17.1 Å². The summed E-state index contributed by atoms with van der Waals surface area (Å²) < 4.78 is 26.7. The molecule has 1 aliphatic rings. The number of sulfonamides is 1. The van der Waals surface area contributed by atoms with Crippen LogP contribution < -0.4 is 5.32 Å². The van der Waals surface area contributed by atoms with Crippen LogP contribution in [-0.2, 0) is 10.0 Å². The monoisotopic (exact) mass is 409 g/mol. The Kier molecular flexibility index (Phi) is 5.65. The number of amides is 1. The van der Waals surface area contributed by atoms with Gasteiger partial charge < -0.3 is 9.88 Å². The zero-order valence-electron chi connectivity index (χ0n) is 15.7. The highest BCUT2D eigenvalue weighted by Gasteiger charge is 2.26. The van der Waals surface area contributed by atoms with Crippen LogP contribution >= 0.6 is 11.6 Å². The van der Waals surface area contributed by atoms with E-state index in [1.165, 1.54) is 10.6 Å². The molecule has 0 atom stereocenters. The molecular formula is C19H24ClN3O3S. The molecule has 1 aromatic carbocycles. The number of piperidine rings is 1. The zero-order chi connectivity index (χ0) is 19.8. The van der Waals surface area contributed by atoms with E-state index in [0.29, 0.717) is 36.5 Å². The SMILES string of the molecule is Cc1ccc(C)n1-c1ccc(Cl)c(C(=O)NC2CCN(S(C)(=O)=O)CC2)c1. The lowest BCUT2D eigenvalue weighted by atomic mass is 10.1. The maximum Gasteiger partial charge on any atom is 0.253 e. The Hall–Kier alpha value is -1.83. The minimum Gasteiger partial charge on any atom is -0.349 e. The molecule has 1 aliphatic heterocycles. The van der Waals surface area contributed by atoms with Crippen LogP contribution in [-0.4, -0.2) is 48.6 Å². The van der Waals surface area contributed by atoms with Crippen molar-refractivity contribution in [3.05, 3.63) is 52.3 Å². The Morgan fingerprint density at radius 3 is 2.26 bits per heavy atom. The van der Waals surface area contributed by atoms with Crippen molar-refractivity contribution in [2.75, 3.05) is 19.3 Å². The molecule has 1 fully saturated rings. The second-order valence-electron chi connectivity index (χ2n) is 7.03. The van der Waals surface area contributed by atoms with Gasteiger partial charge in [-0.3, -0.25) is 4.79 Å². The van der Waals surface area contributed by atoms with Crippen LogP contribution in [0.3, 0.4) is 0 Å². The first kappa shape index (κ1) is 19.9. The second kappa shape index (κ2) is 7.66. The molecule has 0 aliphatic carbocycles. The summed E-state index contributed by atoms with van der Waals surface area (Å²) in [7, 11) is -3.18. The predicted molar refractivity (Wildman–Crippen MR) is 107 cm³/mol. The lowest BCUT2D eigenvalue weighted by Gasteiger charge is -2.30. The number of rotatable bonds is 4. The number of hydrogen-bond donors (Lipinski definition) is 1. The summed E-state index contributed by atoms with van der Waals surface area (Å²) in [6, 6.07) is 9.41. The van der Waals surface area contributed by atoms with Crippen LogP contribution in [0.4, 0.5) is 0 Å². The number of benzene rings is 1. The maximum atomic E-state index is 12.8. The fourth-order valence-electron chi connectivity index (χ4n) is 3.50. The molecule has 2 heterocycles. The van der Waals surface area contributed by atoms with Crippen molar-refractivity contribution in [1.29, 1.82) is 0 Å². The van der Waals surface area contributed by atoms with Gasteiger partial charge in [0.15, 0.2) is 0 Å². The van der Waals surface area contributed by atoms with Crippen molar-refractivity contribution in [1.82, 2.24) is 14.2 Å². The average molecular weight is 410 g/mol. The number of nitrogens with one attached hydrogen (secondary N) is 1. The van der Waals surface area contributed by atoms with E-state index in [2.05, 4.69) is 9.88 Å². The van der Waals surface area contributed by atoms with Gasteiger partial charge in [-0.15, -0.1) is 0 Å². The van der Waals surface area contributed by atoms with E-state index in [1.807, 2.05) is 32.0 Å². The van der Waals surface area contributed by atoms with Crippen molar-refractivity contribution >= 4 is 27.5 Å². The standard InChI is InChI=1S/C19H24ClN3O3S/c1-13-4-5-14(2)23(13)16-6-7-18(20)17(12-16)19(24)21-15-8-10-22(11-9-15)27(3,25)26/h4-7,12,15H,8-11H2,1-3H3,(H,21,24). The van der Waals surface area contributed by atoms with Gasteiger partial charge in [0.2, 0.25) is 10.0 Å². The first-order valence-corrected chi connectivity index (χ1v) is 11.1. The van der Waals surface area contributed by atoms with Crippen LogP contribution in [0.25, 0.3) is 5.69 Å². The molecule has 0 bridgehead atoms. The van der Waals surface area contributed by atoms with Gasteiger partial charge >= 0.3 is 0 Å². The fraction of sp³-hybridized carbons (Fsp3) is 0.421. The van der Waals surface area contributed by atoms with Crippen molar-refractivity contribution in [2.24, 2.45) is 0 Å². The van der Waals surface area contributed by atoms with Gasteiger partial charge in [-0.2, -0.15) is 0 Å². The van der Waals surface area contributed by atoms with Gasteiger partial charge in [0.25, 0.3) is 5.91 Å². The van der Waals surface area contributed by atoms with Gasteiger partial charge in [0.1, 0.15) is 0 Å². The van der Waals surface area contributed by atoms with Crippen LogP contribution in [0.15, 0.2) is 30.3 Å². The third-order valence-electron chi connectivity index (χ3n) is 4.98. The molecular weight excluding hydrogens is 386 g/mol. The Morgan fingerprint density at radius 2 is 1.70 bits per heavy atom. The Bertz CT molecular complexity index is 941. The number of carbonyl (C=O) groups is 1. The highest BCUT2D eigenvalue weighted by Crippen LogP contribution is 2.23. The maximum absolute atomic E-state index is 12.8. The molecule has 2 aromatic rings.